The van der Waals surface area contributed by atoms with Crippen molar-refractivity contribution in [3.8, 4) is 0 Å². The summed E-state index contributed by atoms with van der Waals surface area (Å²) in [7, 11) is 2.08. The molecule has 0 radical (unpaired) electrons. The van der Waals surface area contributed by atoms with E-state index in [0.29, 0.717) is 17.5 Å². The number of nitrogens with one attached hydrogen (secondary N) is 1. The van der Waals surface area contributed by atoms with Crippen molar-refractivity contribution in [2.75, 3.05) is 7.05 Å². The highest BCUT2D eigenvalue weighted by molar-refractivity contribution is 5.27. The molecule has 0 spiro atoms. The number of hydrogen-bond donors (Lipinski definition) is 1. The second kappa shape index (κ2) is 4.93. The summed E-state index contributed by atoms with van der Waals surface area (Å²) in [6.45, 7) is 4.77. The molecule has 1 fully saturated rings. The fourth-order valence-electron chi connectivity index (χ4n) is 3.96. The summed E-state index contributed by atoms with van der Waals surface area (Å²) in [4.78, 5) is 0. The van der Waals surface area contributed by atoms with Crippen molar-refractivity contribution < 1.29 is 0 Å². The summed E-state index contributed by atoms with van der Waals surface area (Å²) in [5, 5.41) is 8.24. The molecule has 19 heavy (non-hydrogen) atoms. The molecule has 1 heterocycles. The molecule has 0 aliphatic heterocycles. The van der Waals surface area contributed by atoms with Crippen LogP contribution in [0.3, 0.4) is 0 Å². The van der Waals surface area contributed by atoms with Crippen LogP contribution in [-0.2, 0) is 6.42 Å². The minimum Gasteiger partial charge on any atom is -0.313 e. The quantitative estimate of drug-likeness (QED) is 0.881. The average Bonchev–Trinajstić information content (AvgIpc) is 2.81. The van der Waals surface area contributed by atoms with E-state index in [-0.39, 0.29) is 0 Å². The summed E-state index contributed by atoms with van der Waals surface area (Å²) in [5.74, 6) is 0. The van der Waals surface area contributed by atoms with Gasteiger partial charge in [0.15, 0.2) is 0 Å². The van der Waals surface area contributed by atoms with Gasteiger partial charge in [-0.15, -0.1) is 0 Å². The molecule has 106 valence electrons. The van der Waals surface area contributed by atoms with E-state index in [1.807, 2.05) is 0 Å². The molecule has 1 atom stereocenters. The molecule has 1 N–H and O–H groups in total. The van der Waals surface area contributed by atoms with Crippen molar-refractivity contribution in [1.29, 1.82) is 0 Å². The second-order valence-electron chi connectivity index (χ2n) is 7.17. The van der Waals surface area contributed by atoms with E-state index in [1.54, 1.807) is 0 Å². The van der Waals surface area contributed by atoms with Crippen LogP contribution in [0.15, 0.2) is 6.20 Å². The SMILES string of the molecule is CNC1CC(C)(C)Cc2c1cnn2C1CCCCC1. The van der Waals surface area contributed by atoms with Crippen LogP contribution in [0.4, 0.5) is 0 Å². The molecule has 3 heteroatoms. The van der Waals surface area contributed by atoms with E-state index in [9.17, 15) is 0 Å². The van der Waals surface area contributed by atoms with E-state index in [1.165, 1.54) is 56.2 Å². The van der Waals surface area contributed by atoms with Crippen LogP contribution >= 0.6 is 0 Å². The van der Waals surface area contributed by atoms with Gasteiger partial charge in [0.05, 0.1) is 12.2 Å². The Morgan fingerprint density at radius 1 is 1.26 bits per heavy atom. The van der Waals surface area contributed by atoms with Crippen molar-refractivity contribution in [2.24, 2.45) is 5.41 Å². The Balaban J connectivity index is 1.94. The lowest BCUT2D eigenvalue weighted by Crippen LogP contribution is -2.33. The monoisotopic (exact) mass is 261 g/mol. The third-order valence-corrected chi connectivity index (χ3v) is 4.98. The average molecular weight is 261 g/mol. The Hall–Kier alpha value is -0.830. The fraction of sp³-hybridized carbons (Fsp3) is 0.812. The van der Waals surface area contributed by atoms with E-state index < -0.39 is 0 Å². The van der Waals surface area contributed by atoms with Crippen LogP contribution in [0, 0.1) is 5.41 Å². The first-order chi connectivity index (χ1) is 9.11. The van der Waals surface area contributed by atoms with E-state index in [4.69, 9.17) is 5.10 Å². The highest BCUT2D eigenvalue weighted by Gasteiger charge is 2.35. The molecule has 2 aliphatic rings. The number of fused-ring (bicyclic) bond motifs is 1. The summed E-state index contributed by atoms with van der Waals surface area (Å²) in [5.41, 5.74) is 3.34. The van der Waals surface area contributed by atoms with Gasteiger partial charge in [-0.25, -0.2) is 0 Å². The van der Waals surface area contributed by atoms with Gasteiger partial charge in [0.25, 0.3) is 0 Å². The first kappa shape index (κ1) is 13.2. The van der Waals surface area contributed by atoms with Crippen molar-refractivity contribution >= 4 is 0 Å². The largest absolute Gasteiger partial charge is 0.313 e. The molecule has 1 aromatic rings. The number of aromatic nitrogens is 2. The molecule has 1 saturated carbocycles. The van der Waals surface area contributed by atoms with Gasteiger partial charge in [0.1, 0.15) is 0 Å². The smallest absolute Gasteiger partial charge is 0.0540 e. The number of hydrogen-bond acceptors (Lipinski definition) is 2. The molecule has 0 aromatic carbocycles. The second-order valence-corrected chi connectivity index (χ2v) is 7.17. The minimum atomic E-state index is 0.382. The van der Waals surface area contributed by atoms with Crippen LogP contribution in [0.2, 0.25) is 0 Å². The summed E-state index contributed by atoms with van der Waals surface area (Å²) < 4.78 is 2.37. The molecule has 0 bridgehead atoms. The van der Waals surface area contributed by atoms with Crippen LogP contribution < -0.4 is 5.32 Å². The van der Waals surface area contributed by atoms with Gasteiger partial charge in [-0.1, -0.05) is 33.1 Å². The van der Waals surface area contributed by atoms with Crippen LogP contribution in [0.5, 0.6) is 0 Å². The van der Waals surface area contributed by atoms with Crippen molar-refractivity contribution in [1.82, 2.24) is 15.1 Å². The summed E-state index contributed by atoms with van der Waals surface area (Å²) >= 11 is 0. The van der Waals surface area contributed by atoms with E-state index in [2.05, 4.69) is 37.1 Å². The van der Waals surface area contributed by atoms with Crippen molar-refractivity contribution in [3.63, 3.8) is 0 Å². The summed E-state index contributed by atoms with van der Waals surface area (Å²) in [6, 6.07) is 1.14. The predicted molar refractivity (Wildman–Crippen MR) is 78.3 cm³/mol. The zero-order valence-corrected chi connectivity index (χ0v) is 12.6. The highest BCUT2D eigenvalue weighted by Crippen LogP contribution is 2.42. The lowest BCUT2D eigenvalue weighted by Gasteiger charge is -2.36. The Bertz CT molecular complexity index is 441. The van der Waals surface area contributed by atoms with Crippen molar-refractivity contribution in [2.45, 2.75) is 70.9 Å². The van der Waals surface area contributed by atoms with Gasteiger partial charge in [-0.05, 0) is 38.1 Å². The maximum absolute atomic E-state index is 4.76. The van der Waals surface area contributed by atoms with Crippen LogP contribution in [0.25, 0.3) is 0 Å². The van der Waals surface area contributed by atoms with E-state index in [0.717, 1.165) is 0 Å². The molecule has 1 unspecified atom stereocenters. The third-order valence-electron chi connectivity index (χ3n) is 4.98. The zero-order valence-electron chi connectivity index (χ0n) is 12.6. The minimum absolute atomic E-state index is 0.382. The predicted octanol–water partition coefficient (Wildman–Crippen LogP) is 3.62. The van der Waals surface area contributed by atoms with Crippen LogP contribution in [0.1, 0.15) is 75.7 Å². The topological polar surface area (TPSA) is 29.9 Å². The fourth-order valence-corrected chi connectivity index (χ4v) is 3.96. The Morgan fingerprint density at radius 2 is 2.00 bits per heavy atom. The molecular formula is C16H27N3. The third kappa shape index (κ3) is 2.45. The Labute approximate surface area is 116 Å². The first-order valence-corrected chi connectivity index (χ1v) is 7.84. The maximum Gasteiger partial charge on any atom is 0.0540 e. The van der Waals surface area contributed by atoms with Gasteiger partial charge in [0, 0.05) is 17.3 Å². The zero-order chi connectivity index (χ0) is 13.5. The Kier molecular flexibility index (Phi) is 3.42. The molecule has 2 aliphatic carbocycles. The lowest BCUT2D eigenvalue weighted by molar-refractivity contribution is 0.244. The van der Waals surface area contributed by atoms with Gasteiger partial charge in [-0.3, -0.25) is 4.68 Å². The molecular weight excluding hydrogens is 234 g/mol. The molecule has 3 nitrogen and oxygen atoms in total. The molecule has 0 saturated heterocycles. The maximum atomic E-state index is 4.76. The van der Waals surface area contributed by atoms with Gasteiger partial charge in [0.2, 0.25) is 0 Å². The van der Waals surface area contributed by atoms with Crippen molar-refractivity contribution in [3.05, 3.63) is 17.5 Å². The normalized spacial score (nSPS) is 27.2. The molecule has 3 rings (SSSR count). The number of rotatable bonds is 2. The van der Waals surface area contributed by atoms with Crippen LogP contribution in [-0.4, -0.2) is 16.8 Å². The summed E-state index contributed by atoms with van der Waals surface area (Å²) in [6.07, 6.45) is 11.3. The number of nitrogens with zero attached hydrogens (tertiary/aromatic N) is 2. The lowest BCUT2D eigenvalue weighted by atomic mass is 9.74. The molecule has 0 amide bonds. The highest BCUT2D eigenvalue weighted by atomic mass is 15.3. The standard InChI is InChI=1S/C16H27N3/c1-16(2)9-14(17-3)13-11-18-19(15(13)10-16)12-7-5-4-6-8-12/h11-12,14,17H,4-10H2,1-3H3. The Morgan fingerprint density at radius 3 is 2.68 bits per heavy atom. The van der Waals surface area contributed by atoms with Gasteiger partial charge < -0.3 is 5.32 Å². The molecule has 1 aromatic heterocycles. The van der Waals surface area contributed by atoms with Gasteiger partial charge in [-0.2, -0.15) is 5.10 Å². The van der Waals surface area contributed by atoms with E-state index >= 15 is 0 Å². The first-order valence-electron chi connectivity index (χ1n) is 7.84. The van der Waals surface area contributed by atoms with Gasteiger partial charge >= 0.3 is 0 Å².